The molecule has 4 heteroatoms. The van der Waals surface area contributed by atoms with E-state index in [1.807, 2.05) is 13.8 Å². The van der Waals surface area contributed by atoms with Crippen LogP contribution in [-0.2, 0) is 19.1 Å². The van der Waals surface area contributed by atoms with Gasteiger partial charge in [0.1, 0.15) is 0 Å². The minimum Gasteiger partial charge on any atom is -0.501 e. The number of hydrogen-bond acceptors (Lipinski definition) is 4. The van der Waals surface area contributed by atoms with E-state index in [-0.39, 0.29) is 23.4 Å². The van der Waals surface area contributed by atoms with Crippen LogP contribution in [0.25, 0.3) is 0 Å². The monoisotopic (exact) mass is 320 g/mol. The molecule has 2 atom stereocenters. The molecular formula is C19H28O4. The Morgan fingerprint density at radius 1 is 0.870 bits per heavy atom. The number of ether oxygens (including phenoxy) is 2. The van der Waals surface area contributed by atoms with Gasteiger partial charge in [0.05, 0.1) is 25.7 Å². The Morgan fingerprint density at radius 3 is 1.70 bits per heavy atom. The Hall–Kier alpha value is -1.58. The average Bonchev–Trinajstić information content (AvgIpc) is 2.56. The molecule has 128 valence electrons. The van der Waals surface area contributed by atoms with Crippen molar-refractivity contribution in [2.75, 3.05) is 13.2 Å². The minimum absolute atomic E-state index is 0.0316. The van der Waals surface area contributed by atoms with Gasteiger partial charge >= 0.3 is 0 Å². The normalized spacial score (nSPS) is 29.1. The van der Waals surface area contributed by atoms with Crippen LogP contribution in [0.4, 0.5) is 0 Å². The third-order valence-corrected chi connectivity index (χ3v) is 4.73. The summed E-state index contributed by atoms with van der Waals surface area (Å²) in [5, 5.41) is 0. The van der Waals surface area contributed by atoms with Crippen molar-refractivity contribution in [3.05, 3.63) is 23.7 Å². The van der Waals surface area contributed by atoms with Gasteiger partial charge in [-0.15, -0.1) is 0 Å². The zero-order valence-corrected chi connectivity index (χ0v) is 14.3. The van der Waals surface area contributed by atoms with Gasteiger partial charge in [-0.1, -0.05) is 0 Å². The van der Waals surface area contributed by atoms with E-state index in [1.165, 1.54) is 0 Å². The number of carbonyl (C=O) groups excluding carboxylic acids is 2. The number of ketones is 2. The molecule has 0 heterocycles. The van der Waals surface area contributed by atoms with E-state index < -0.39 is 0 Å². The molecule has 2 rings (SSSR count). The SMILES string of the molecule is CCO/C=C1\CCCC(CC2CCC/C(=C\OCC)C2=O)C1=O. The number of allylic oxidation sites excluding steroid dienone is 2. The van der Waals surface area contributed by atoms with Crippen molar-refractivity contribution >= 4 is 11.6 Å². The highest BCUT2D eigenvalue weighted by Gasteiger charge is 2.34. The molecule has 0 spiro atoms. The van der Waals surface area contributed by atoms with Crippen molar-refractivity contribution in [2.45, 2.75) is 58.8 Å². The summed E-state index contributed by atoms with van der Waals surface area (Å²) in [4.78, 5) is 25.1. The van der Waals surface area contributed by atoms with Gasteiger partial charge in [-0.25, -0.2) is 0 Å². The molecule has 2 aliphatic carbocycles. The Balaban J connectivity index is 2.00. The van der Waals surface area contributed by atoms with Crippen molar-refractivity contribution in [2.24, 2.45) is 11.8 Å². The van der Waals surface area contributed by atoms with Gasteiger partial charge in [0.15, 0.2) is 11.6 Å². The van der Waals surface area contributed by atoms with Crippen LogP contribution in [0.2, 0.25) is 0 Å². The zero-order valence-electron chi connectivity index (χ0n) is 14.3. The summed E-state index contributed by atoms with van der Waals surface area (Å²) < 4.78 is 10.6. The van der Waals surface area contributed by atoms with Crippen molar-refractivity contribution in [3.8, 4) is 0 Å². The summed E-state index contributed by atoms with van der Waals surface area (Å²) in [6.07, 6.45) is 9.27. The van der Waals surface area contributed by atoms with E-state index in [0.29, 0.717) is 19.6 Å². The molecular weight excluding hydrogens is 292 g/mol. The standard InChI is InChI=1S/C19H28O4/c1-3-22-12-16-9-5-7-14(18(16)20)11-15-8-6-10-17(19(15)21)13-23-4-2/h12-15H,3-11H2,1-2H3/b16-12+,17-13+. The molecule has 2 unspecified atom stereocenters. The van der Waals surface area contributed by atoms with Crippen molar-refractivity contribution in [3.63, 3.8) is 0 Å². The molecule has 0 amide bonds. The van der Waals surface area contributed by atoms with Gasteiger partial charge in [0.2, 0.25) is 0 Å². The molecule has 2 fully saturated rings. The molecule has 0 aromatic rings. The second-order valence-electron chi connectivity index (χ2n) is 6.34. The van der Waals surface area contributed by atoms with Crippen LogP contribution < -0.4 is 0 Å². The molecule has 0 saturated heterocycles. The predicted molar refractivity (Wildman–Crippen MR) is 88.7 cm³/mol. The quantitative estimate of drug-likeness (QED) is 0.549. The van der Waals surface area contributed by atoms with E-state index in [0.717, 1.165) is 49.7 Å². The lowest BCUT2D eigenvalue weighted by molar-refractivity contribution is -0.124. The summed E-state index contributed by atoms with van der Waals surface area (Å²) in [5.74, 6) is 0.295. The molecule has 4 nitrogen and oxygen atoms in total. The molecule has 23 heavy (non-hydrogen) atoms. The summed E-state index contributed by atoms with van der Waals surface area (Å²) in [6, 6.07) is 0. The molecule has 0 aromatic carbocycles. The molecule has 2 saturated carbocycles. The molecule has 0 bridgehead atoms. The predicted octanol–water partition coefficient (Wildman–Crippen LogP) is 3.96. The van der Waals surface area contributed by atoms with E-state index in [2.05, 4.69) is 0 Å². The highest BCUT2D eigenvalue weighted by molar-refractivity contribution is 6.00. The van der Waals surface area contributed by atoms with Gasteiger partial charge < -0.3 is 9.47 Å². The number of hydrogen-bond donors (Lipinski definition) is 0. The third kappa shape index (κ3) is 4.69. The van der Waals surface area contributed by atoms with Crippen LogP contribution in [-0.4, -0.2) is 24.8 Å². The number of rotatable bonds is 6. The maximum atomic E-state index is 12.6. The Bertz CT molecular complexity index is 446. The highest BCUT2D eigenvalue weighted by atomic mass is 16.5. The van der Waals surface area contributed by atoms with E-state index in [4.69, 9.17) is 9.47 Å². The third-order valence-electron chi connectivity index (χ3n) is 4.73. The first-order chi connectivity index (χ1) is 11.2. The lowest BCUT2D eigenvalue weighted by Gasteiger charge is -2.29. The average molecular weight is 320 g/mol. The van der Waals surface area contributed by atoms with Crippen LogP contribution in [0.1, 0.15) is 58.8 Å². The van der Waals surface area contributed by atoms with Gasteiger partial charge in [0, 0.05) is 23.0 Å². The summed E-state index contributed by atoms with van der Waals surface area (Å²) in [5.41, 5.74) is 1.58. The van der Waals surface area contributed by atoms with Gasteiger partial charge in [-0.2, -0.15) is 0 Å². The lowest BCUT2D eigenvalue weighted by Crippen LogP contribution is -2.29. The van der Waals surface area contributed by atoms with E-state index in [9.17, 15) is 9.59 Å². The Kier molecular flexibility index (Phi) is 6.87. The van der Waals surface area contributed by atoms with Crippen molar-refractivity contribution in [1.82, 2.24) is 0 Å². The topological polar surface area (TPSA) is 52.6 Å². The molecule has 0 aromatic heterocycles. The largest absolute Gasteiger partial charge is 0.501 e. The second-order valence-corrected chi connectivity index (χ2v) is 6.34. The molecule has 0 aliphatic heterocycles. The summed E-state index contributed by atoms with van der Waals surface area (Å²) in [6.45, 7) is 4.98. The van der Waals surface area contributed by atoms with Crippen molar-refractivity contribution < 1.29 is 19.1 Å². The zero-order chi connectivity index (χ0) is 16.7. The maximum Gasteiger partial charge on any atom is 0.165 e. The van der Waals surface area contributed by atoms with Gasteiger partial charge in [0.25, 0.3) is 0 Å². The van der Waals surface area contributed by atoms with Crippen molar-refractivity contribution in [1.29, 1.82) is 0 Å². The Morgan fingerprint density at radius 2 is 1.30 bits per heavy atom. The number of Topliss-reactive ketones (excluding diaryl/α,β-unsaturated/α-hetero) is 2. The first kappa shape index (κ1) is 17.8. The van der Waals surface area contributed by atoms with Crippen LogP contribution in [0.15, 0.2) is 23.7 Å². The van der Waals surface area contributed by atoms with E-state index in [1.54, 1.807) is 12.5 Å². The van der Waals surface area contributed by atoms with Gasteiger partial charge in [-0.3, -0.25) is 9.59 Å². The first-order valence-electron chi connectivity index (χ1n) is 8.87. The fraction of sp³-hybridized carbons (Fsp3) is 0.684. The smallest absolute Gasteiger partial charge is 0.165 e. The van der Waals surface area contributed by atoms with Crippen LogP contribution in [0.5, 0.6) is 0 Å². The maximum absolute atomic E-state index is 12.6. The second kappa shape index (κ2) is 8.90. The number of carbonyl (C=O) groups is 2. The van der Waals surface area contributed by atoms with Gasteiger partial charge in [-0.05, 0) is 58.8 Å². The first-order valence-corrected chi connectivity index (χ1v) is 8.87. The molecule has 0 N–H and O–H groups in total. The van der Waals surface area contributed by atoms with E-state index >= 15 is 0 Å². The van der Waals surface area contributed by atoms with Crippen LogP contribution >= 0.6 is 0 Å². The summed E-state index contributed by atoms with van der Waals surface area (Å²) >= 11 is 0. The molecule has 0 radical (unpaired) electrons. The van der Waals surface area contributed by atoms with Crippen LogP contribution in [0, 0.1) is 11.8 Å². The fourth-order valence-corrected chi connectivity index (χ4v) is 3.51. The molecule has 2 aliphatic rings. The minimum atomic E-state index is -0.0316. The Labute approximate surface area is 138 Å². The lowest BCUT2D eigenvalue weighted by atomic mass is 9.74. The summed E-state index contributed by atoms with van der Waals surface area (Å²) in [7, 11) is 0. The van der Waals surface area contributed by atoms with Crippen LogP contribution in [0.3, 0.4) is 0 Å². The highest BCUT2D eigenvalue weighted by Crippen LogP contribution is 2.35. The fourth-order valence-electron chi connectivity index (χ4n) is 3.51.